The van der Waals surface area contributed by atoms with Crippen LogP contribution in [0.3, 0.4) is 0 Å². The monoisotopic (exact) mass is 462 g/mol. The van der Waals surface area contributed by atoms with Gasteiger partial charge in [0.25, 0.3) is 0 Å². The molecule has 0 aromatic carbocycles. The van der Waals surface area contributed by atoms with Crippen molar-refractivity contribution in [2.75, 3.05) is 24.7 Å². The summed E-state index contributed by atoms with van der Waals surface area (Å²) in [6.07, 6.45) is 19.8. The Hall–Kier alpha value is -0.360. The average molecular weight is 463 g/mol. The molecule has 4 nitrogen and oxygen atoms in total. The normalized spacial score (nSPS) is 10.9. The van der Waals surface area contributed by atoms with Crippen LogP contribution in [0, 0.1) is 0 Å². The van der Waals surface area contributed by atoms with Gasteiger partial charge < -0.3 is 9.47 Å². The Morgan fingerprint density at radius 1 is 0.500 bits per heavy atom. The van der Waals surface area contributed by atoms with Gasteiger partial charge in [-0.15, -0.1) is 0 Å². The van der Waals surface area contributed by atoms with Crippen molar-refractivity contribution in [1.82, 2.24) is 0 Å². The molecule has 0 aliphatic heterocycles. The zero-order valence-electron chi connectivity index (χ0n) is 19.6. The van der Waals surface area contributed by atoms with E-state index in [2.05, 4.69) is 13.8 Å². The molecule has 0 heterocycles. The van der Waals surface area contributed by atoms with Crippen LogP contribution in [0.15, 0.2) is 0 Å². The molecule has 0 spiro atoms. The molecule has 0 aliphatic rings. The molecule has 0 unspecified atom stereocenters. The summed E-state index contributed by atoms with van der Waals surface area (Å²) in [5, 5.41) is 0. The van der Waals surface area contributed by atoms with Crippen molar-refractivity contribution in [3.05, 3.63) is 0 Å². The van der Waals surface area contributed by atoms with Crippen molar-refractivity contribution < 1.29 is 19.1 Å². The highest BCUT2D eigenvalue weighted by molar-refractivity contribution is 8.77. The summed E-state index contributed by atoms with van der Waals surface area (Å²) in [6.45, 7) is 5.49. The van der Waals surface area contributed by atoms with Gasteiger partial charge in [0.05, 0.1) is 13.2 Å². The van der Waals surface area contributed by atoms with Gasteiger partial charge in [-0.3, -0.25) is 9.59 Å². The number of unbranched alkanes of at least 4 members (excludes halogenated alkanes) is 14. The first-order chi connectivity index (χ1) is 14.7. The molecule has 0 aromatic rings. The Morgan fingerprint density at radius 2 is 0.800 bits per heavy atom. The third-order valence-corrected chi connectivity index (χ3v) is 7.04. The van der Waals surface area contributed by atoms with Gasteiger partial charge in [-0.25, -0.2) is 0 Å². The van der Waals surface area contributed by atoms with E-state index in [9.17, 15) is 9.59 Å². The standard InChI is InChI=1S/C24H46O4S2/c1-3-5-7-9-11-13-15-17-19-27-23(25)21-29-30-22-24(26)28-20-18-16-14-12-10-8-6-4-2/h3-22H2,1-2H3. The minimum Gasteiger partial charge on any atom is -0.465 e. The van der Waals surface area contributed by atoms with Crippen molar-refractivity contribution in [3.8, 4) is 0 Å². The van der Waals surface area contributed by atoms with Crippen LogP contribution in [0.25, 0.3) is 0 Å². The van der Waals surface area contributed by atoms with Gasteiger partial charge in [-0.2, -0.15) is 0 Å². The molecule has 0 amide bonds. The molecule has 0 aliphatic carbocycles. The molecule has 0 aromatic heterocycles. The van der Waals surface area contributed by atoms with Gasteiger partial charge in [0.2, 0.25) is 0 Å². The second-order valence-corrected chi connectivity index (χ2v) is 10.4. The lowest BCUT2D eigenvalue weighted by atomic mass is 10.1. The van der Waals surface area contributed by atoms with Crippen LogP contribution in [0.2, 0.25) is 0 Å². The largest absolute Gasteiger partial charge is 0.465 e. The Morgan fingerprint density at radius 3 is 1.13 bits per heavy atom. The first kappa shape index (κ1) is 29.6. The highest BCUT2D eigenvalue weighted by Crippen LogP contribution is 2.21. The maximum Gasteiger partial charge on any atom is 0.316 e. The van der Waals surface area contributed by atoms with Crippen LogP contribution in [-0.4, -0.2) is 36.7 Å². The third kappa shape index (κ3) is 23.9. The van der Waals surface area contributed by atoms with Crippen LogP contribution < -0.4 is 0 Å². The lowest BCUT2D eigenvalue weighted by molar-refractivity contribution is -0.141. The maximum absolute atomic E-state index is 11.7. The Balaban J connectivity index is 3.29. The van der Waals surface area contributed by atoms with Gasteiger partial charge in [-0.05, 0) is 12.8 Å². The second-order valence-electron chi connectivity index (χ2n) is 7.92. The molecule has 0 rings (SSSR count). The molecular weight excluding hydrogens is 416 g/mol. The maximum atomic E-state index is 11.7. The van der Waals surface area contributed by atoms with E-state index >= 15 is 0 Å². The zero-order chi connectivity index (χ0) is 22.1. The summed E-state index contributed by atoms with van der Waals surface area (Å²) < 4.78 is 10.5. The molecule has 0 atom stereocenters. The highest BCUT2D eigenvalue weighted by Gasteiger charge is 2.07. The summed E-state index contributed by atoms with van der Waals surface area (Å²) in [4.78, 5) is 23.4. The topological polar surface area (TPSA) is 52.6 Å². The highest BCUT2D eigenvalue weighted by atomic mass is 33.1. The summed E-state index contributed by atoms with van der Waals surface area (Å²) in [7, 11) is 2.73. The average Bonchev–Trinajstić information content (AvgIpc) is 2.74. The Bertz CT molecular complexity index is 355. The smallest absolute Gasteiger partial charge is 0.316 e. The first-order valence-corrected chi connectivity index (χ1v) is 14.7. The fourth-order valence-corrected chi connectivity index (χ4v) is 4.71. The van der Waals surface area contributed by atoms with E-state index < -0.39 is 0 Å². The quantitative estimate of drug-likeness (QED) is 0.0879. The van der Waals surface area contributed by atoms with E-state index in [0.29, 0.717) is 13.2 Å². The number of hydrogen-bond acceptors (Lipinski definition) is 6. The second kappa shape index (κ2) is 24.9. The van der Waals surface area contributed by atoms with Gasteiger partial charge in [0, 0.05) is 0 Å². The van der Waals surface area contributed by atoms with E-state index in [1.165, 1.54) is 98.6 Å². The summed E-state index contributed by atoms with van der Waals surface area (Å²) in [6, 6.07) is 0. The third-order valence-electron chi connectivity index (χ3n) is 4.96. The van der Waals surface area contributed by atoms with Crippen molar-refractivity contribution in [2.45, 2.75) is 117 Å². The molecule has 0 bridgehead atoms. The molecule has 0 fully saturated rings. The fraction of sp³-hybridized carbons (Fsp3) is 0.917. The minimum atomic E-state index is -0.192. The van der Waals surface area contributed by atoms with Gasteiger partial charge in [-0.1, -0.05) is 125 Å². The van der Waals surface area contributed by atoms with E-state index in [4.69, 9.17) is 9.47 Å². The van der Waals surface area contributed by atoms with Crippen molar-refractivity contribution in [1.29, 1.82) is 0 Å². The molecule has 0 radical (unpaired) electrons. The van der Waals surface area contributed by atoms with Gasteiger partial charge in [0.1, 0.15) is 11.5 Å². The number of carbonyl (C=O) groups excluding carboxylic acids is 2. The fourth-order valence-electron chi connectivity index (χ4n) is 3.11. The summed E-state index contributed by atoms with van der Waals surface area (Å²) >= 11 is 0. The van der Waals surface area contributed by atoms with E-state index in [1.54, 1.807) is 0 Å². The molecule has 6 heteroatoms. The first-order valence-electron chi connectivity index (χ1n) is 12.3. The minimum absolute atomic E-state index is 0.192. The zero-order valence-corrected chi connectivity index (χ0v) is 21.2. The predicted octanol–water partition coefficient (Wildman–Crippen LogP) is 7.74. The predicted molar refractivity (Wildman–Crippen MR) is 132 cm³/mol. The lowest BCUT2D eigenvalue weighted by Gasteiger charge is -2.06. The Kier molecular flexibility index (Phi) is 24.6. The number of rotatable bonds is 23. The molecular formula is C24H46O4S2. The Labute approximate surface area is 193 Å². The molecule has 178 valence electrons. The van der Waals surface area contributed by atoms with E-state index in [1.807, 2.05) is 0 Å². The van der Waals surface area contributed by atoms with Crippen molar-refractivity contribution in [3.63, 3.8) is 0 Å². The number of carbonyl (C=O) groups is 2. The summed E-state index contributed by atoms with van der Waals surface area (Å²) in [5.41, 5.74) is 0. The number of esters is 2. The van der Waals surface area contributed by atoms with Gasteiger partial charge in [0.15, 0.2) is 0 Å². The van der Waals surface area contributed by atoms with Gasteiger partial charge >= 0.3 is 11.9 Å². The van der Waals surface area contributed by atoms with Crippen LogP contribution in [0.4, 0.5) is 0 Å². The van der Waals surface area contributed by atoms with Crippen LogP contribution >= 0.6 is 21.6 Å². The molecule has 0 N–H and O–H groups in total. The van der Waals surface area contributed by atoms with Crippen LogP contribution in [0.1, 0.15) is 117 Å². The molecule has 30 heavy (non-hydrogen) atoms. The van der Waals surface area contributed by atoms with Crippen molar-refractivity contribution >= 4 is 33.5 Å². The van der Waals surface area contributed by atoms with E-state index in [0.717, 1.165) is 25.7 Å². The van der Waals surface area contributed by atoms with Crippen molar-refractivity contribution in [2.24, 2.45) is 0 Å². The lowest BCUT2D eigenvalue weighted by Crippen LogP contribution is -2.10. The number of hydrogen-bond donors (Lipinski definition) is 0. The van der Waals surface area contributed by atoms with Crippen LogP contribution in [-0.2, 0) is 19.1 Å². The van der Waals surface area contributed by atoms with E-state index in [-0.39, 0.29) is 23.4 Å². The molecule has 0 saturated heterocycles. The SMILES string of the molecule is CCCCCCCCCCOC(=O)CSSCC(=O)OCCCCCCCCCC. The summed E-state index contributed by atoms with van der Waals surface area (Å²) in [5.74, 6) is 0.186. The number of ether oxygens (including phenoxy) is 2. The van der Waals surface area contributed by atoms with Crippen LogP contribution in [0.5, 0.6) is 0 Å². The molecule has 0 saturated carbocycles.